The van der Waals surface area contributed by atoms with Crippen molar-refractivity contribution in [1.29, 1.82) is 0 Å². The second-order valence-corrected chi connectivity index (χ2v) is 2.95. The average molecular weight is 177 g/mol. The van der Waals surface area contributed by atoms with Crippen LogP contribution in [0.15, 0.2) is 23.2 Å². The molecule has 0 fully saturated rings. The van der Waals surface area contributed by atoms with Gasteiger partial charge in [-0.2, -0.15) is 0 Å². The Morgan fingerprint density at radius 2 is 2.23 bits per heavy atom. The van der Waals surface area contributed by atoms with Crippen LogP contribution in [0.3, 0.4) is 0 Å². The van der Waals surface area contributed by atoms with Crippen LogP contribution < -0.4 is 4.74 Å². The quantitative estimate of drug-likeness (QED) is 0.647. The number of hydrogen-bond acceptors (Lipinski definition) is 2. The molecule has 0 N–H and O–H groups in total. The second-order valence-electron chi connectivity index (χ2n) is 2.95. The molecular weight excluding hydrogens is 162 g/mol. The van der Waals surface area contributed by atoms with Gasteiger partial charge in [-0.05, 0) is 43.8 Å². The fourth-order valence-electron chi connectivity index (χ4n) is 1.12. The molecule has 0 bridgehead atoms. The van der Waals surface area contributed by atoms with E-state index in [1.54, 1.807) is 0 Å². The second kappa shape index (κ2) is 4.65. The van der Waals surface area contributed by atoms with Gasteiger partial charge in [0.15, 0.2) is 0 Å². The van der Waals surface area contributed by atoms with Gasteiger partial charge in [-0.3, -0.25) is 4.99 Å². The third kappa shape index (κ3) is 2.58. The summed E-state index contributed by atoms with van der Waals surface area (Å²) in [4.78, 5) is 3.89. The summed E-state index contributed by atoms with van der Waals surface area (Å²) in [6.07, 6.45) is 1.03. The van der Waals surface area contributed by atoms with Crippen LogP contribution in [0.2, 0.25) is 0 Å². The molecule has 0 aliphatic heterocycles. The fourth-order valence-corrected chi connectivity index (χ4v) is 1.12. The Hall–Kier alpha value is -1.31. The molecule has 2 heteroatoms. The number of ether oxygens (including phenoxy) is 1. The lowest BCUT2D eigenvalue weighted by Gasteiger charge is -2.06. The molecule has 0 aliphatic carbocycles. The molecule has 0 spiro atoms. The third-order valence-corrected chi connectivity index (χ3v) is 1.81. The number of rotatable bonds is 4. The molecule has 2 nitrogen and oxygen atoms in total. The smallest absolute Gasteiger partial charge is 0.119 e. The first-order valence-corrected chi connectivity index (χ1v) is 4.48. The standard InChI is InChI=1S/C11H15NO/c1-4-7-13-10-5-6-11(12-3)9(2)8-10/h5-6,8H,3-4,7H2,1-2H3. The van der Waals surface area contributed by atoms with Crippen molar-refractivity contribution in [1.82, 2.24) is 0 Å². The van der Waals surface area contributed by atoms with Crippen molar-refractivity contribution in [3.63, 3.8) is 0 Å². The van der Waals surface area contributed by atoms with Crippen LogP contribution in [-0.4, -0.2) is 13.3 Å². The molecule has 70 valence electrons. The first kappa shape index (κ1) is 9.78. The maximum atomic E-state index is 5.47. The van der Waals surface area contributed by atoms with Gasteiger partial charge in [0.2, 0.25) is 0 Å². The molecule has 0 amide bonds. The zero-order valence-corrected chi connectivity index (χ0v) is 8.21. The molecular formula is C11H15NO. The zero-order chi connectivity index (χ0) is 9.68. The number of nitrogens with zero attached hydrogens (tertiary/aromatic N) is 1. The van der Waals surface area contributed by atoms with Crippen molar-refractivity contribution in [3.8, 4) is 5.75 Å². The van der Waals surface area contributed by atoms with E-state index in [4.69, 9.17) is 4.74 Å². The molecule has 0 aromatic heterocycles. The highest BCUT2D eigenvalue weighted by Crippen LogP contribution is 2.23. The van der Waals surface area contributed by atoms with Crippen LogP contribution in [0, 0.1) is 6.92 Å². The van der Waals surface area contributed by atoms with Crippen LogP contribution in [0.4, 0.5) is 5.69 Å². The molecule has 1 aromatic rings. The Kier molecular flexibility index (Phi) is 3.50. The van der Waals surface area contributed by atoms with Gasteiger partial charge < -0.3 is 4.74 Å². The van der Waals surface area contributed by atoms with Gasteiger partial charge in [-0.15, -0.1) is 0 Å². The topological polar surface area (TPSA) is 21.6 Å². The average Bonchev–Trinajstić information content (AvgIpc) is 2.15. The summed E-state index contributed by atoms with van der Waals surface area (Å²) >= 11 is 0. The first-order valence-electron chi connectivity index (χ1n) is 4.48. The van der Waals surface area contributed by atoms with Gasteiger partial charge in [0.25, 0.3) is 0 Å². The monoisotopic (exact) mass is 177 g/mol. The predicted octanol–water partition coefficient (Wildman–Crippen LogP) is 3.12. The van der Waals surface area contributed by atoms with Crippen molar-refractivity contribution in [2.45, 2.75) is 20.3 Å². The number of benzene rings is 1. The first-order chi connectivity index (χ1) is 6.27. The summed E-state index contributed by atoms with van der Waals surface area (Å²) in [6.45, 7) is 8.35. The van der Waals surface area contributed by atoms with Crippen molar-refractivity contribution in [3.05, 3.63) is 23.8 Å². The lowest BCUT2D eigenvalue weighted by molar-refractivity contribution is 0.317. The minimum Gasteiger partial charge on any atom is -0.494 e. The molecule has 0 saturated carbocycles. The molecule has 13 heavy (non-hydrogen) atoms. The summed E-state index contributed by atoms with van der Waals surface area (Å²) in [5.74, 6) is 0.909. The van der Waals surface area contributed by atoms with E-state index in [0.29, 0.717) is 0 Å². The number of aryl methyl sites for hydroxylation is 1. The molecule has 1 rings (SSSR count). The molecule has 0 radical (unpaired) electrons. The van der Waals surface area contributed by atoms with Gasteiger partial charge in [0.05, 0.1) is 12.3 Å². The molecule has 1 aromatic carbocycles. The van der Waals surface area contributed by atoms with Crippen LogP contribution in [0.1, 0.15) is 18.9 Å². The Morgan fingerprint density at radius 3 is 2.77 bits per heavy atom. The summed E-state index contributed by atoms with van der Waals surface area (Å²) in [7, 11) is 0. The molecule has 0 heterocycles. The summed E-state index contributed by atoms with van der Waals surface area (Å²) in [5.41, 5.74) is 2.02. The van der Waals surface area contributed by atoms with E-state index in [0.717, 1.165) is 30.0 Å². The summed E-state index contributed by atoms with van der Waals surface area (Å²) < 4.78 is 5.47. The van der Waals surface area contributed by atoms with Crippen LogP contribution in [0.5, 0.6) is 5.75 Å². The van der Waals surface area contributed by atoms with E-state index in [-0.39, 0.29) is 0 Å². The normalized spacial score (nSPS) is 9.69. The van der Waals surface area contributed by atoms with Crippen molar-refractivity contribution in [2.75, 3.05) is 6.61 Å². The number of hydrogen-bond donors (Lipinski definition) is 0. The van der Waals surface area contributed by atoms with Gasteiger partial charge in [0.1, 0.15) is 5.75 Å². The highest BCUT2D eigenvalue weighted by Gasteiger charge is 1.97. The fraction of sp³-hybridized carbons (Fsp3) is 0.364. The van der Waals surface area contributed by atoms with Gasteiger partial charge in [-0.1, -0.05) is 6.92 Å². The highest BCUT2D eigenvalue weighted by molar-refractivity contribution is 5.53. The minimum atomic E-state index is 0.764. The van der Waals surface area contributed by atoms with E-state index < -0.39 is 0 Å². The van der Waals surface area contributed by atoms with Crippen LogP contribution >= 0.6 is 0 Å². The zero-order valence-electron chi connectivity index (χ0n) is 8.21. The lowest BCUT2D eigenvalue weighted by atomic mass is 10.2. The van der Waals surface area contributed by atoms with Crippen molar-refractivity contribution in [2.24, 2.45) is 4.99 Å². The minimum absolute atomic E-state index is 0.764. The largest absolute Gasteiger partial charge is 0.494 e. The maximum Gasteiger partial charge on any atom is 0.119 e. The maximum absolute atomic E-state index is 5.47. The van der Waals surface area contributed by atoms with E-state index in [9.17, 15) is 0 Å². The van der Waals surface area contributed by atoms with E-state index in [1.165, 1.54) is 0 Å². The van der Waals surface area contributed by atoms with E-state index >= 15 is 0 Å². The van der Waals surface area contributed by atoms with Crippen molar-refractivity contribution < 1.29 is 4.74 Å². The van der Waals surface area contributed by atoms with Gasteiger partial charge in [-0.25, -0.2) is 0 Å². The molecule has 0 unspecified atom stereocenters. The Labute approximate surface area is 79.3 Å². The summed E-state index contributed by atoms with van der Waals surface area (Å²) in [5, 5.41) is 0. The molecule has 0 aliphatic rings. The van der Waals surface area contributed by atoms with Crippen molar-refractivity contribution >= 4 is 12.4 Å². The Morgan fingerprint density at radius 1 is 1.46 bits per heavy atom. The van der Waals surface area contributed by atoms with Gasteiger partial charge >= 0.3 is 0 Å². The lowest BCUT2D eigenvalue weighted by Crippen LogP contribution is -1.94. The van der Waals surface area contributed by atoms with E-state index in [1.807, 2.05) is 25.1 Å². The SMILES string of the molecule is C=Nc1ccc(OCCC)cc1C. The molecule has 0 saturated heterocycles. The highest BCUT2D eigenvalue weighted by atomic mass is 16.5. The van der Waals surface area contributed by atoms with Crippen LogP contribution in [0.25, 0.3) is 0 Å². The Balaban J connectivity index is 2.77. The third-order valence-electron chi connectivity index (χ3n) is 1.81. The molecule has 0 atom stereocenters. The Bertz CT molecular complexity index is 294. The van der Waals surface area contributed by atoms with Crippen LogP contribution in [-0.2, 0) is 0 Å². The van der Waals surface area contributed by atoms with E-state index in [2.05, 4.69) is 18.6 Å². The van der Waals surface area contributed by atoms with Gasteiger partial charge in [0, 0.05) is 0 Å². The predicted molar refractivity (Wildman–Crippen MR) is 56.2 cm³/mol. The number of aliphatic imine (C=N–C) groups is 1. The summed E-state index contributed by atoms with van der Waals surface area (Å²) in [6, 6.07) is 5.83.